The Morgan fingerprint density at radius 2 is 1.67 bits per heavy atom. The van der Waals surface area contributed by atoms with Crippen LogP contribution >= 0.6 is 0 Å². The largest absolute Gasteiger partial charge is 0.455 e. The standard InChI is InChI=1S/C22H17N5O3/c1-2-6-16(7-3-1)30-18-9-5-4-8-17(18)25-22-26-21(13-23-27-22)24-15-10-11-19-20(12-15)29-14-28-19/h1-13H,14H2,(H2,24,25,26,27). The molecule has 148 valence electrons. The summed E-state index contributed by atoms with van der Waals surface area (Å²) in [6, 6.07) is 22.7. The topological polar surface area (TPSA) is 90.4 Å². The molecule has 8 nitrogen and oxygen atoms in total. The Morgan fingerprint density at radius 1 is 0.833 bits per heavy atom. The highest BCUT2D eigenvalue weighted by Crippen LogP contribution is 2.35. The summed E-state index contributed by atoms with van der Waals surface area (Å²) in [7, 11) is 0. The average molecular weight is 399 g/mol. The molecule has 1 aliphatic rings. The number of anilines is 4. The van der Waals surface area contributed by atoms with Gasteiger partial charge in [0.05, 0.1) is 11.9 Å². The van der Waals surface area contributed by atoms with Gasteiger partial charge in [-0.2, -0.15) is 10.1 Å². The highest BCUT2D eigenvalue weighted by atomic mass is 16.7. The summed E-state index contributed by atoms with van der Waals surface area (Å²) in [6.07, 6.45) is 1.54. The number of rotatable bonds is 6. The van der Waals surface area contributed by atoms with Crippen molar-refractivity contribution < 1.29 is 14.2 Å². The third kappa shape index (κ3) is 3.93. The van der Waals surface area contributed by atoms with E-state index in [1.165, 1.54) is 0 Å². The van der Waals surface area contributed by atoms with E-state index in [0.717, 1.165) is 22.9 Å². The highest BCUT2D eigenvalue weighted by Gasteiger charge is 2.14. The van der Waals surface area contributed by atoms with Gasteiger partial charge in [0.15, 0.2) is 23.1 Å². The predicted octanol–water partition coefficient (Wildman–Crippen LogP) is 4.88. The van der Waals surface area contributed by atoms with Gasteiger partial charge < -0.3 is 24.8 Å². The van der Waals surface area contributed by atoms with Crippen molar-refractivity contribution in [3.63, 3.8) is 0 Å². The van der Waals surface area contributed by atoms with Crippen molar-refractivity contribution in [3.8, 4) is 23.0 Å². The molecule has 0 fully saturated rings. The molecule has 0 saturated heterocycles. The molecular formula is C22H17N5O3. The molecule has 0 bridgehead atoms. The molecule has 0 radical (unpaired) electrons. The number of benzene rings is 3. The van der Waals surface area contributed by atoms with Gasteiger partial charge in [-0.05, 0) is 36.4 Å². The second-order valence-electron chi connectivity index (χ2n) is 6.39. The summed E-state index contributed by atoms with van der Waals surface area (Å²) in [6.45, 7) is 0.229. The number of hydrogen-bond donors (Lipinski definition) is 2. The zero-order valence-corrected chi connectivity index (χ0v) is 15.8. The lowest BCUT2D eigenvalue weighted by molar-refractivity contribution is 0.174. The minimum atomic E-state index is 0.229. The molecule has 2 heterocycles. The van der Waals surface area contributed by atoms with Crippen LogP contribution in [0, 0.1) is 0 Å². The van der Waals surface area contributed by atoms with Gasteiger partial charge in [0, 0.05) is 11.8 Å². The van der Waals surface area contributed by atoms with Crippen molar-refractivity contribution >= 4 is 23.1 Å². The highest BCUT2D eigenvalue weighted by molar-refractivity contribution is 5.65. The van der Waals surface area contributed by atoms with Gasteiger partial charge in [0.1, 0.15) is 5.75 Å². The lowest BCUT2D eigenvalue weighted by Gasteiger charge is -2.12. The van der Waals surface area contributed by atoms with E-state index in [1.807, 2.05) is 72.8 Å². The summed E-state index contributed by atoms with van der Waals surface area (Å²) < 4.78 is 16.7. The number of aromatic nitrogens is 3. The van der Waals surface area contributed by atoms with Crippen molar-refractivity contribution in [3.05, 3.63) is 79.0 Å². The Hall–Kier alpha value is -4.33. The van der Waals surface area contributed by atoms with Gasteiger partial charge in [-0.1, -0.05) is 30.3 Å². The van der Waals surface area contributed by atoms with Crippen molar-refractivity contribution in [2.75, 3.05) is 17.4 Å². The average Bonchev–Trinajstić information content (AvgIpc) is 3.24. The first-order chi connectivity index (χ1) is 14.8. The predicted molar refractivity (Wildman–Crippen MR) is 112 cm³/mol. The quantitative estimate of drug-likeness (QED) is 0.474. The lowest BCUT2D eigenvalue weighted by Crippen LogP contribution is -2.03. The SMILES string of the molecule is c1ccc(Oc2ccccc2Nc2nncc(Nc3ccc4c(c3)OCO4)n2)cc1. The van der Waals surface area contributed by atoms with E-state index in [2.05, 4.69) is 25.8 Å². The zero-order valence-electron chi connectivity index (χ0n) is 15.8. The fraction of sp³-hybridized carbons (Fsp3) is 0.0455. The maximum atomic E-state index is 5.97. The van der Waals surface area contributed by atoms with Crippen LogP contribution in [0.4, 0.5) is 23.1 Å². The molecule has 2 N–H and O–H groups in total. The van der Waals surface area contributed by atoms with E-state index in [9.17, 15) is 0 Å². The van der Waals surface area contributed by atoms with Crippen molar-refractivity contribution in [1.29, 1.82) is 0 Å². The second kappa shape index (κ2) is 7.96. The number of nitrogens with zero attached hydrogens (tertiary/aromatic N) is 3. The van der Waals surface area contributed by atoms with Gasteiger partial charge in [-0.15, -0.1) is 5.10 Å². The minimum Gasteiger partial charge on any atom is -0.455 e. The number of nitrogens with one attached hydrogen (secondary N) is 2. The number of para-hydroxylation sites is 3. The Bertz CT molecular complexity index is 1170. The van der Waals surface area contributed by atoms with E-state index in [0.29, 0.717) is 23.3 Å². The van der Waals surface area contributed by atoms with Crippen LogP contribution in [-0.2, 0) is 0 Å². The molecule has 30 heavy (non-hydrogen) atoms. The van der Waals surface area contributed by atoms with Gasteiger partial charge >= 0.3 is 0 Å². The maximum absolute atomic E-state index is 5.97. The Labute approximate surface area is 172 Å². The maximum Gasteiger partial charge on any atom is 0.249 e. The second-order valence-corrected chi connectivity index (χ2v) is 6.39. The summed E-state index contributed by atoms with van der Waals surface area (Å²) in [5.74, 6) is 3.68. The molecule has 0 atom stereocenters. The van der Waals surface area contributed by atoms with Gasteiger partial charge in [0.2, 0.25) is 12.7 Å². The first kappa shape index (κ1) is 17.7. The van der Waals surface area contributed by atoms with Crippen molar-refractivity contribution in [1.82, 2.24) is 15.2 Å². The van der Waals surface area contributed by atoms with Crippen LogP contribution in [-0.4, -0.2) is 22.0 Å². The Balaban J connectivity index is 1.34. The van der Waals surface area contributed by atoms with E-state index < -0.39 is 0 Å². The fourth-order valence-corrected chi connectivity index (χ4v) is 2.93. The van der Waals surface area contributed by atoms with Gasteiger partial charge in [-0.25, -0.2) is 0 Å². The molecule has 0 spiro atoms. The molecule has 8 heteroatoms. The molecular weight excluding hydrogens is 382 g/mol. The molecule has 3 aromatic carbocycles. The number of ether oxygens (including phenoxy) is 3. The molecule has 0 unspecified atom stereocenters. The summed E-state index contributed by atoms with van der Waals surface area (Å²) >= 11 is 0. The van der Waals surface area contributed by atoms with Crippen LogP contribution in [0.5, 0.6) is 23.0 Å². The molecule has 0 saturated carbocycles. The minimum absolute atomic E-state index is 0.229. The fourth-order valence-electron chi connectivity index (χ4n) is 2.93. The molecule has 5 rings (SSSR count). The van der Waals surface area contributed by atoms with E-state index in [-0.39, 0.29) is 6.79 Å². The smallest absolute Gasteiger partial charge is 0.249 e. The van der Waals surface area contributed by atoms with E-state index in [4.69, 9.17) is 14.2 Å². The number of hydrogen-bond acceptors (Lipinski definition) is 8. The van der Waals surface area contributed by atoms with Crippen LogP contribution < -0.4 is 24.8 Å². The summed E-state index contributed by atoms with van der Waals surface area (Å²) in [5, 5.41) is 14.5. The third-order valence-corrected chi connectivity index (χ3v) is 4.31. The first-order valence-electron chi connectivity index (χ1n) is 9.29. The lowest BCUT2D eigenvalue weighted by atomic mass is 10.3. The first-order valence-corrected chi connectivity index (χ1v) is 9.29. The van der Waals surface area contributed by atoms with E-state index in [1.54, 1.807) is 6.20 Å². The van der Waals surface area contributed by atoms with Crippen LogP contribution in [0.3, 0.4) is 0 Å². The Morgan fingerprint density at radius 3 is 2.60 bits per heavy atom. The van der Waals surface area contributed by atoms with Gasteiger partial charge in [-0.3, -0.25) is 0 Å². The number of fused-ring (bicyclic) bond motifs is 1. The molecule has 4 aromatic rings. The summed E-state index contributed by atoms with van der Waals surface area (Å²) in [5.41, 5.74) is 1.53. The van der Waals surface area contributed by atoms with Crippen LogP contribution in [0.25, 0.3) is 0 Å². The zero-order chi connectivity index (χ0) is 20.2. The van der Waals surface area contributed by atoms with Crippen LogP contribution in [0.15, 0.2) is 79.0 Å². The van der Waals surface area contributed by atoms with Crippen LogP contribution in [0.2, 0.25) is 0 Å². The van der Waals surface area contributed by atoms with Crippen molar-refractivity contribution in [2.45, 2.75) is 0 Å². The monoisotopic (exact) mass is 399 g/mol. The molecule has 1 aliphatic heterocycles. The normalized spacial score (nSPS) is 11.7. The molecule has 0 amide bonds. The van der Waals surface area contributed by atoms with E-state index >= 15 is 0 Å². The summed E-state index contributed by atoms with van der Waals surface area (Å²) in [4.78, 5) is 4.48. The molecule has 0 aliphatic carbocycles. The third-order valence-electron chi connectivity index (χ3n) is 4.31. The molecule has 1 aromatic heterocycles. The van der Waals surface area contributed by atoms with Gasteiger partial charge in [0.25, 0.3) is 0 Å². The van der Waals surface area contributed by atoms with Crippen LogP contribution in [0.1, 0.15) is 0 Å². The Kier molecular flexibility index (Phi) is 4.71. The van der Waals surface area contributed by atoms with Crippen molar-refractivity contribution in [2.24, 2.45) is 0 Å².